The van der Waals surface area contributed by atoms with E-state index in [9.17, 15) is 9.50 Å². The van der Waals surface area contributed by atoms with Crippen molar-refractivity contribution in [1.29, 1.82) is 0 Å². The molecule has 4 aromatic heterocycles. The van der Waals surface area contributed by atoms with Crippen LogP contribution in [0.2, 0.25) is 0 Å². The van der Waals surface area contributed by atoms with E-state index in [1.165, 1.54) is 17.7 Å². The second-order valence-corrected chi connectivity index (χ2v) is 13.0. The summed E-state index contributed by atoms with van der Waals surface area (Å²) >= 11 is 0. The normalized spacial score (nSPS) is 14.8. The standard InChI is InChI=1S/C39H38FN9O/c40-33-3-1-2-29(18-33)23-49-38-7-5-34(19-32(38)21-44-49)45-39-36-20-30(4-6-37(36)42-27-43-39)31-10-13-48(24-31)26-35(50)25-47-16-14-46(15-17-47)22-28-8-11-41-12-9-28/h1-13,18-21,24,27,35,50H,14-17,22-23,25-26H2,(H,42,43,45). The maximum absolute atomic E-state index is 13.7. The van der Waals surface area contributed by atoms with Gasteiger partial charge in [-0.2, -0.15) is 5.10 Å². The Kier molecular flexibility index (Phi) is 9.00. The SMILES string of the molecule is OC(CN1CCN(Cc2ccncc2)CC1)Cn1ccc(-c2ccc3ncnc(Nc4ccc5c(cnn5Cc5cccc(F)c5)c4)c3c2)c1. The average Bonchev–Trinajstić information content (AvgIpc) is 3.76. The lowest BCUT2D eigenvalue weighted by Gasteiger charge is -2.35. The van der Waals surface area contributed by atoms with E-state index < -0.39 is 6.10 Å². The number of nitrogens with zero attached hydrogens (tertiary/aromatic N) is 8. The van der Waals surface area contributed by atoms with Crippen LogP contribution in [0.5, 0.6) is 0 Å². The third kappa shape index (κ3) is 7.25. The van der Waals surface area contributed by atoms with Gasteiger partial charge in [-0.3, -0.25) is 19.5 Å². The number of hydrogen-bond donors (Lipinski definition) is 2. The Hall–Kier alpha value is -5.49. The van der Waals surface area contributed by atoms with Crippen molar-refractivity contribution < 1.29 is 9.50 Å². The highest BCUT2D eigenvalue weighted by Crippen LogP contribution is 2.30. The van der Waals surface area contributed by atoms with Crippen molar-refractivity contribution in [3.05, 3.63) is 133 Å². The lowest BCUT2D eigenvalue weighted by atomic mass is 10.1. The van der Waals surface area contributed by atoms with Crippen molar-refractivity contribution >= 4 is 33.3 Å². The first-order valence-corrected chi connectivity index (χ1v) is 16.9. The molecule has 0 radical (unpaired) electrons. The van der Waals surface area contributed by atoms with Gasteiger partial charge in [0.25, 0.3) is 0 Å². The summed E-state index contributed by atoms with van der Waals surface area (Å²) in [7, 11) is 0. The number of fused-ring (bicyclic) bond motifs is 2. The molecule has 1 unspecified atom stereocenters. The van der Waals surface area contributed by atoms with E-state index in [1.807, 2.05) is 59.8 Å². The topological polar surface area (TPSA) is 100 Å². The predicted octanol–water partition coefficient (Wildman–Crippen LogP) is 5.95. The molecule has 8 rings (SSSR count). The fourth-order valence-electron chi connectivity index (χ4n) is 6.77. The van der Waals surface area contributed by atoms with Gasteiger partial charge in [0.1, 0.15) is 18.0 Å². The van der Waals surface area contributed by atoms with Crippen molar-refractivity contribution in [2.75, 3.05) is 38.0 Å². The van der Waals surface area contributed by atoms with Crippen LogP contribution in [0, 0.1) is 5.82 Å². The van der Waals surface area contributed by atoms with Crippen LogP contribution in [0.3, 0.4) is 0 Å². The Balaban J connectivity index is 0.912. The van der Waals surface area contributed by atoms with Crippen LogP contribution in [0.4, 0.5) is 15.9 Å². The highest BCUT2D eigenvalue weighted by Gasteiger charge is 2.20. The molecule has 1 aliphatic rings. The third-order valence-electron chi connectivity index (χ3n) is 9.36. The monoisotopic (exact) mass is 667 g/mol. The smallest absolute Gasteiger partial charge is 0.141 e. The molecule has 7 aromatic rings. The van der Waals surface area contributed by atoms with Crippen molar-refractivity contribution in [1.82, 2.24) is 39.1 Å². The minimum atomic E-state index is -0.464. The summed E-state index contributed by atoms with van der Waals surface area (Å²) in [5.74, 6) is 0.454. The van der Waals surface area contributed by atoms with Crippen LogP contribution >= 0.6 is 0 Å². The molecule has 1 fully saturated rings. The molecule has 10 nitrogen and oxygen atoms in total. The molecule has 1 aliphatic heterocycles. The summed E-state index contributed by atoms with van der Waals surface area (Å²) in [6.07, 6.45) is 10.7. The number of aliphatic hydroxyl groups is 1. The zero-order valence-corrected chi connectivity index (χ0v) is 27.6. The Morgan fingerprint density at radius 1 is 0.800 bits per heavy atom. The fraction of sp³-hybridized carbons (Fsp3) is 0.231. The lowest BCUT2D eigenvalue weighted by molar-refractivity contribution is 0.0623. The van der Waals surface area contributed by atoms with Crippen LogP contribution in [0.15, 0.2) is 116 Å². The summed E-state index contributed by atoms with van der Waals surface area (Å²) in [4.78, 5) is 18.0. The fourth-order valence-corrected chi connectivity index (χ4v) is 6.77. The predicted molar refractivity (Wildman–Crippen MR) is 193 cm³/mol. The van der Waals surface area contributed by atoms with Crippen LogP contribution in [-0.2, 0) is 19.6 Å². The molecular formula is C39H38FN9O. The molecule has 11 heteroatoms. The number of anilines is 2. The van der Waals surface area contributed by atoms with E-state index >= 15 is 0 Å². The highest BCUT2D eigenvalue weighted by molar-refractivity contribution is 5.94. The second-order valence-electron chi connectivity index (χ2n) is 13.0. The number of β-amino-alcohol motifs (C(OH)–C–C–N with tert-alkyl or cyclic N) is 1. The Bertz CT molecular complexity index is 2230. The van der Waals surface area contributed by atoms with Crippen LogP contribution in [-0.4, -0.2) is 83.0 Å². The molecule has 252 valence electrons. The molecule has 0 saturated carbocycles. The summed E-state index contributed by atoms with van der Waals surface area (Å²) in [6.45, 7) is 6.47. The van der Waals surface area contributed by atoms with Gasteiger partial charge < -0.3 is 15.0 Å². The van der Waals surface area contributed by atoms with E-state index in [1.54, 1.807) is 12.4 Å². The quantitative estimate of drug-likeness (QED) is 0.175. The molecule has 5 heterocycles. The maximum Gasteiger partial charge on any atom is 0.141 e. The summed E-state index contributed by atoms with van der Waals surface area (Å²) in [5, 5.41) is 20.9. The zero-order valence-electron chi connectivity index (χ0n) is 27.6. The molecular weight excluding hydrogens is 629 g/mol. The van der Waals surface area contributed by atoms with E-state index in [4.69, 9.17) is 0 Å². The summed E-state index contributed by atoms with van der Waals surface area (Å²) in [6, 6.07) is 25.1. The molecule has 0 spiro atoms. The molecule has 1 atom stereocenters. The van der Waals surface area contributed by atoms with Gasteiger partial charge in [0.15, 0.2) is 0 Å². The third-order valence-corrected chi connectivity index (χ3v) is 9.36. The van der Waals surface area contributed by atoms with Crippen LogP contribution < -0.4 is 5.32 Å². The van der Waals surface area contributed by atoms with Gasteiger partial charge in [0, 0.05) is 87.1 Å². The van der Waals surface area contributed by atoms with Gasteiger partial charge in [-0.05, 0) is 82.9 Å². The molecule has 0 aliphatic carbocycles. The van der Waals surface area contributed by atoms with Gasteiger partial charge in [0.2, 0.25) is 0 Å². The number of nitrogens with one attached hydrogen (secondary N) is 1. The van der Waals surface area contributed by atoms with Gasteiger partial charge in [-0.25, -0.2) is 14.4 Å². The zero-order chi connectivity index (χ0) is 33.9. The van der Waals surface area contributed by atoms with Crippen LogP contribution in [0.1, 0.15) is 11.1 Å². The Morgan fingerprint density at radius 3 is 2.52 bits per heavy atom. The molecule has 2 N–H and O–H groups in total. The number of hydrogen-bond acceptors (Lipinski definition) is 8. The Morgan fingerprint density at radius 2 is 1.66 bits per heavy atom. The van der Waals surface area contributed by atoms with E-state index in [0.717, 1.165) is 76.9 Å². The number of aliphatic hydroxyl groups excluding tert-OH is 1. The second kappa shape index (κ2) is 14.2. The van der Waals surface area contributed by atoms with Crippen LogP contribution in [0.25, 0.3) is 32.9 Å². The first kappa shape index (κ1) is 31.8. The van der Waals surface area contributed by atoms with E-state index in [0.29, 0.717) is 25.5 Å². The number of aromatic nitrogens is 6. The number of piperazine rings is 1. The molecule has 3 aromatic carbocycles. The van der Waals surface area contributed by atoms with Crippen molar-refractivity contribution in [2.24, 2.45) is 0 Å². The minimum absolute atomic E-state index is 0.254. The largest absolute Gasteiger partial charge is 0.390 e. The Labute approximate surface area is 289 Å². The average molecular weight is 668 g/mol. The minimum Gasteiger partial charge on any atom is -0.390 e. The van der Waals surface area contributed by atoms with E-state index in [2.05, 4.69) is 76.3 Å². The molecule has 0 amide bonds. The van der Waals surface area contributed by atoms with Gasteiger partial charge in [-0.15, -0.1) is 0 Å². The summed E-state index contributed by atoms with van der Waals surface area (Å²) in [5.41, 5.74) is 6.92. The summed E-state index contributed by atoms with van der Waals surface area (Å²) < 4.78 is 17.7. The first-order chi connectivity index (χ1) is 24.5. The molecule has 50 heavy (non-hydrogen) atoms. The maximum atomic E-state index is 13.7. The van der Waals surface area contributed by atoms with Gasteiger partial charge >= 0.3 is 0 Å². The van der Waals surface area contributed by atoms with Gasteiger partial charge in [-0.1, -0.05) is 18.2 Å². The van der Waals surface area contributed by atoms with Crippen molar-refractivity contribution in [2.45, 2.75) is 25.7 Å². The first-order valence-electron chi connectivity index (χ1n) is 16.9. The van der Waals surface area contributed by atoms with Crippen molar-refractivity contribution in [3.63, 3.8) is 0 Å². The molecule has 0 bridgehead atoms. The number of rotatable bonds is 11. The van der Waals surface area contributed by atoms with E-state index in [-0.39, 0.29) is 5.82 Å². The number of halogens is 1. The lowest BCUT2D eigenvalue weighted by Crippen LogP contribution is -2.48. The van der Waals surface area contributed by atoms with Crippen molar-refractivity contribution in [3.8, 4) is 11.1 Å². The van der Waals surface area contributed by atoms with Gasteiger partial charge in [0.05, 0.1) is 29.9 Å². The molecule has 1 saturated heterocycles. The number of pyridine rings is 1. The number of benzene rings is 3. The highest BCUT2D eigenvalue weighted by atomic mass is 19.1.